The first-order valence-corrected chi connectivity index (χ1v) is 11.1. The summed E-state index contributed by atoms with van der Waals surface area (Å²) < 4.78 is 29.2. The molecule has 0 radical (unpaired) electrons. The Hall–Kier alpha value is -3.93. The maximum atomic E-state index is 13.0. The van der Waals surface area contributed by atoms with Crippen LogP contribution in [0.4, 0.5) is 14.9 Å². The molecule has 184 valence electrons. The maximum absolute atomic E-state index is 13.0. The lowest BCUT2D eigenvalue weighted by atomic mass is 10.1. The summed E-state index contributed by atoms with van der Waals surface area (Å²) in [4.78, 5) is 49.0. The van der Waals surface area contributed by atoms with Gasteiger partial charge < -0.3 is 24.8 Å². The number of ether oxygens (including phenoxy) is 3. The van der Waals surface area contributed by atoms with E-state index in [-0.39, 0.29) is 30.4 Å². The zero-order valence-corrected chi connectivity index (χ0v) is 20.3. The summed E-state index contributed by atoms with van der Waals surface area (Å²) in [5.41, 5.74) is 0.850. The van der Waals surface area contributed by atoms with Gasteiger partial charge in [-0.05, 0) is 70.9 Å². The van der Waals surface area contributed by atoms with E-state index in [0.717, 1.165) is 12.0 Å². The zero-order valence-electron chi connectivity index (χ0n) is 18.7. The second-order valence-corrected chi connectivity index (χ2v) is 7.92. The Morgan fingerprint density at radius 2 is 1.89 bits per heavy atom. The van der Waals surface area contributed by atoms with E-state index in [4.69, 9.17) is 9.47 Å². The van der Waals surface area contributed by atoms with Crippen molar-refractivity contribution in [3.63, 3.8) is 0 Å². The van der Waals surface area contributed by atoms with Crippen molar-refractivity contribution >= 4 is 51.5 Å². The molecule has 0 aliphatic carbocycles. The molecule has 0 aromatic heterocycles. The fourth-order valence-electron chi connectivity index (χ4n) is 3.02. The van der Waals surface area contributed by atoms with Gasteiger partial charge in [-0.15, -0.1) is 0 Å². The molecule has 0 atom stereocenters. The molecule has 12 heteroatoms. The number of hydrogen-bond donors (Lipinski definition) is 2. The van der Waals surface area contributed by atoms with E-state index < -0.39 is 36.2 Å². The highest BCUT2D eigenvalue weighted by molar-refractivity contribution is 9.10. The lowest BCUT2D eigenvalue weighted by Crippen LogP contribution is -2.36. The van der Waals surface area contributed by atoms with Gasteiger partial charge in [-0.3, -0.25) is 14.4 Å². The van der Waals surface area contributed by atoms with E-state index in [9.17, 15) is 23.6 Å². The van der Waals surface area contributed by atoms with Crippen molar-refractivity contribution < 1.29 is 37.8 Å². The third-order valence-electron chi connectivity index (χ3n) is 4.60. The largest absolute Gasteiger partial charge is 0.490 e. The van der Waals surface area contributed by atoms with Gasteiger partial charge in [0.2, 0.25) is 0 Å². The smallest absolute Gasteiger partial charge is 0.329 e. The summed E-state index contributed by atoms with van der Waals surface area (Å²) in [6.45, 7) is 1.18. The molecule has 2 aromatic carbocycles. The summed E-state index contributed by atoms with van der Waals surface area (Å²) in [7, 11) is 1.15. The minimum atomic E-state index is -0.747. The van der Waals surface area contributed by atoms with Crippen molar-refractivity contribution in [1.29, 1.82) is 0 Å². The first-order valence-electron chi connectivity index (χ1n) is 10.3. The fourth-order valence-corrected chi connectivity index (χ4v) is 3.59. The van der Waals surface area contributed by atoms with E-state index >= 15 is 0 Å². The number of hydrogen-bond acceptors (Lipinski definition) is 7. The second kappa shape index (κ2) is 11.5. The zero-order chi connectivity index (χ0) is 25.5. The van der Waals surface area contributed by atoms with Crippen LogP contribution in [-0.4, -0.2) is 55.6 Å². The molecule has 0 saturated carbocycles. The molecule has 1 heterocycles. The second-order valence-electron chi connectivity index (χ2n) is 7.06. The summed E-state index contributed by atoms with van der Waals surface area (Å²) in [6, 6.07) is 7.71. The Morgan fingerprint density at radius 3 is 2.54 bits per heavy atom. The summed E-state index contributed by atoms with van der Waals surface area (Å²) >= 11 is 3.37. The summed E-state index contributed by atoms with van der Waals surface area (Å²) in [5.74, 6) is -1.78. The lowest BCUT2D eigenvalue weighted by molar-refractivity contribution is -0.143. The van der Waals surface area contributed by atoms with Gasteiger partial charge in [0.25, 0.3) is 11.8 Å². The Morgan fingerprint density at radius 1 is 1.17 bits per heavy atom. The number of anilines is 1. The van der Waals surface area contributed by atoms with Gasteiger partial charge in [0.05, 0.1) is 18.2 Å². The molecular formula is C23H21BrFN3O7. The molecule has 0 bridgehead atoms. The van der Waals surface area contributed by atoms with Gasteiger partial charge >= 0.3 is 12.0 Å². The van der Waals surface area contributed by atoms with Crippen molar-refractivity contribution in [2.75, 3.05) is 32.2 Å². The van der Waals surface area contributed by atoms with Gasteiger partial charge in [-0.1, -0.05) is 0 Å². The van der Waals surface area contributed by atoms with Crippen LogP contribution in [0.3, 0.4) is 0 Å². The number of benzene rings is 2. The number of nitrogens with one attached hydrogen (secondary N) is 2. The van der Waals surface area contributed by atoms with E-state index in [1.165, 1.54) is 30.3 Å². The van der Waals surface area contributed by atoms with Crippen LogP contribution in [0.15, 0.2) is 46.6 Å². The number of rotatable bonds is 9. The van der Waals surface area contributed by atoms with Crippen LogP contribution < -0.4 is 20.1 Å². The molecule has 1 saturated heterocycles. The molecular weight excluding hydrogens is 529 g/mol. The number of imide groups is 1. The standard InChI is InChI=1S/C23H21BrFN3O7/c1-3-34-18-10-13(9-17-22(31)28(23(32)27-17)11-20(30)33-2)8-16(24)21(18)35-12-19(29)26-15-6-4-14(25)5-7-15/h4-10H,3,11-12H2,1-2H3,(H,26,29)(H,27,32)/b17-9+. The van der Waals surface area contributed by atoms with E-state index in [1.54, 1.807) is 19.1 Å². The van der Waals surface area contributed by atoms with Gasteiger partial charge in [0.15, 0.2) is 18.1 Å². The van der Waals surface area contributed by atoms with Crippen LogP contribution >= 0.6 is 15.9 Å². The van der Waals surface area contributed by atoms with Crippen LogP contribution in [0.5, 0.6) is 11.5 Å². The molecule has 2 aromatic rings. The predicted molar refractivity (Wildman–Crippen MR) is 126 cm³/mol. The van der Waals surface area contributed by atoms with E-state index in [0.29, 0.717) is 15.7 Å². The Bertz CT molecular complexity index is 1180. The Kier molecular flexibility index (Phi) is 8.42. The Labute approximate surface area is 208 Å². The highest BCUT2D eigenvalue weighted by atomic mass is 79.9. The van der Waals surface area contributed by atoms with Crippen LogP contribution in [0.1, 0.15) is 12.5 Å². The molecule has 4 amide bonds. The van der Waals surface area contributed by atoms with Crippen molar-refractivity contribution in [3.8, 4) is 11.5 Å². The van der Waals surface area contributed by atoms with Gasteiger partial charge in [0.1, 0.15) is 18.1 Å². The van der Waals surface area contributed by atoms with Crippen molar-refractivity contribution in [2.24, 2.45) is 0 Å². The first kappa shape index (κ1) is 25.7. The van der Waals surface area contributed by atoms with Crippen LogP contribution in [-0.2, 0) is 19.1 Å². The molecule has 1 fully saturated rings. The number of esters is 1. The summed E-state index contributed by atoms with van der Waals surface area (Å²) in [5, 5.41) is 5.00. The highest BCUT2D eigenvalue weighted by Crippen LogP contribution is 2.37. The van der Waals surface area contributed by atoms with E-state index in [2.05, 4.69) is 31.3 Å². The van der Waals surface area contributed by atoms with Crippen molar-refractivity contribution in [1.82, 2.24) is 10.2 Å². The minimum absolute atomic E-state index is 0.0411. The number of nitrogens with zero attached hydrogens (tertiary/aromatic N) is 1. The highest BCUT2D eigenvalue weighted by Gasteiger charge is 2.35. The third kappa shape index (κ3) is 6.57. The number of urea groups is 1. The summed E-state index contributed by atoms with van der Waals surface area (Å²) in [6.07, 6.45) is 1.41. The normalized spacial score (nSPS) is 14.1. The number of halogens is 2. The maximum Gasteiger partial charge on any atom is 0.329 e. The van der Waals surface area contributed by atoms with Crippen LogP contribution in [0, 0.1) is 5.82 Å². The van der Waals surface area contributed by atoms with Gasteiger partial charge in [0, 0.05) is 5.69 Å². The minimum Gasteiger partial charge on any atom is -0.490 e. The van der Waals surface area contributed by atoms with Crippen LogP contribution in [0.2, 0.25) is 0 Å². The number of carbonyl (C=O) groups excluding carboxylic acids is 4. The fraction of sp³-hybridized carbons (Fsp3) is 0.217. The molecule has 0 spiro atoms. The number of amides is 4. The number of methoxy groups -OCH3 is 1. The molecule has 0 unspecified atom stereocenters. The average Bonchev–Trinajstić information content (AvgIpc) is 3.07. The SMILES string of the molecule is CCOc1cc(/C=C2/NC(=O)N(CC(=O)OC)C2=O)cc(Br)c1OCC(=O)Nc1ccc(F)cc1. The number of carbonyl (C=O) groups is 4. The molecule has 1 aliphatic heterocycles. The van der Waals surface area contributed by atoms with Gasteiger partial charge in [-0.2, -0.15) is 0 Å². The topological polar surface area (TPSA) is 123 Å². The molecule has 2 N–H and O–H groups in total. The van der Waals surface area contributed by atoms with Crippen molar-refractivity contribution in [3.05, 3.63) is 57.9 Å². The quantitative estimate of drug-likeness (QED) is 0.280. The molecule has 10 nitrogen and oxygen atoms in total. The molecule has 1 aliphatic rings. The van der Waals surface area contributed by atoms with Gasteiger partial charge in [-0.25, -0.2) is 14.1 Å². The van der Waals surface area contributed by atoms with Crippen molar-refractivity contribution in [2.45, 2.75) is 6.92 Å². The van der Waals surface area contributed by atoms with Crippen LogP contribution in [0.25, 0.3) is 6.08 Å². The average molecular weight is 550 g/mol. The lowest BCUT2D eigenvalue weighted by Gasteiger charge is -2.15. The predicted octanol–water partition coefficient (Wildman–Crippen LogP) is 3.07. The first-order chi connectivity index (χ1) is 16.7. The molecule has 35 heavy (non-hydrogen) atoms. The Balaban J connectivity index is 1.75. The third-order valence-corrected chi connectivity index (χ3v) is 5.18. The monoisotopic (exact) mass is 549 g/mol. The molecule has 3 rings (SSSR count). The van der Waals surface area contributed by atoms with E-state index in [1.807, 2.05) is 0 Å².